The summed E-state index contributed by atoms with van der Waals surface area (Å²) in [7, 11) is 0. The average molecular weight is 378 g/mol. The Morgan fingerprint density at radius 2 is 1.79 bits per heavy atom. The van der Waals surface area contributed by atoms with Crippen LogP contribution < -0.4 is 10.1 Å². The third kappa shape index (κ3) is 4.76. The van der Waals surface area contributed by atoms with Crippen molar-refractivity contribution in [2.24, 2.45) is 5.92 Å². The first kappa shape index (κ1) is 19.6. The average Bonchev–Trinajstić information content (AvgIpc) is 3.11. The summed E-state index contributed by atoms with van der Waals surface area (Å²) in [6.45, 7) is 8.60. The van der Waals surface area contributed by atoms with Crippen LogP contribution >= 0.6 is 0 Å². The molecule has 0 aliphatic rings. The number of hydrogen-bond donors (Lipinski definition) is 1. The first-order valence-corrected chi connectivity index (χ1v) is 9.53. The van der Waals surface area contributed by atoms with E-state index in [1.807, 2.05) is 55.5 Å². The minimum absolute atomic E-state index is 0.0155. The van der Waals surface area contributed by atoms with Gasteiger partial charge < -0.3 is 10.1 Å². The lowest BCUT2D eigenvalue weighted by Crippen LogP contribution is -2.09. The lowest BCUT2D eigenvalue weighted by molar-refractivity contribution is -0.115. The molecule has 6 nitrogen and oxygen atoms in total. The number of amides is 1. The molecule has 3 rings (SSSR count). The molecule has 1 heterocycles. The van der Waals surface area contributed by atoms with Gasteiger partial charge >= 0.3 is 6.01 Å². The minimum Gasteiger partial charge on any atom is -0.462 e. The monoisotopic (exact) mass is 378 g/mol. The first-order chi connectivity index (χ1) is 13.5. The molecule has 2 aromatic carbocycles. The van der Waals surface area contributed by atoms with Crippen LogP contribution in [0.2, 0.25) is 0 Å². The summed E-state index contributed by atoms with van der Waals surface area (Å²) in [6, 6.07) is 16.0. The van der Waals surface area contributed by atoms with E-state index in [0.29, 0.717) is 30.8 Å². The van der Waals surface area contributed by atoms with Gasteiger partial charge in [0.25, 0.3) is 0 Å². The summed E-state index contributed by atoms with van der Waals surface area (Å²) in [5.74, 6) is 1.08. The zero-order chi connectivity index (χ0) is 20.1. The van der Waals surface area contributed by atoms with Crippen LogP contribution in [0.25, 0.3) is 17.1 Å². The molecule has 28 heavy (non-hydrogen) atoms. The van der Waals surface area contributed by atoms with Gasteiger partial charge in [-0.05, 0) is 37.1 Å². The van der Waals surface area contributed by atoms with Crippen LogP contribution in [0.15, 0.2) is 48.5 Å². The van der Waals surface area contributed by atoms with Gasteiger partial charge in [0, 0.05) is 17.7 Å². The third-order valence-corrected chi connectivity index (χ3v) is 4.16. The van der Waals surface area contributed by atoms with E-state index in [4.69, 9.17) is 4.74 Å². The summed E-state index contributed by atoms with van der Waals surface area (Å²) in [5.41, 5.74) is 3.74. The molecule has 0 spiro atoms. The van der Waals surface area contributed by atoms with Crippen molar-refractivity contribution in [3.8, 4) is 23.1 Å². The molecule has 0 fully saturated rings. The second-order valence-corrected chi connectivity index (χ2v) is 7.15. The Morgan fingerprint density at radius 1 is 1.11 bits per heavy atom. The van der Waals surface area contributed by atoms with E-state index >= 15 is 0 Å². The van der Waals surface area contributed by atoms with E-state index < -0.39 is 0 Å². The van der Waals surface area contributed by atoms with Gasteiger partial charge in [-0.1, -0.05) is 50.6 Å². The molecule has 0 radical (unpaired) electrons. The molecule has 1 N–H and O–H groups in total. The Morgan fingerprint density at radius 3 is 2.39 bits per heavy atom. The number of nitrogens with one attached hydrogen (secondary N) is 1. The van der Waals surface area contributed by atoms with E-state index in [2.05, 4.69) is 36.2 Å². The van der Waals surface area contributed by atoms with E-state index in [1.165, 1.54) is 5.56 Å². The Bertz CT molecular complexity index is 928. The quantitative estimate of drug-likeness (QED) is 0.651. The van der Waals surface area contributed by atoms with E-state index in [1.54, 1.807) is 4.68 Å². The van der Waals surface area contributed by atoms with E-state index in [-0.39, 0.29) is 5.91 Å². The number of aromatic nitrogens is 3. The molecule has 0 bridgehead atoms. The van der Waals surface area contributed by atoms with Crippen LogP contribution in [0.5, 0.6) is 6.01 Å². The summed E-state index contributed by atoms with van der Waals surface area (Å²) < 4.78 is 7.52. The van der Waals surface area contributed by atoms with Crippen LogP contribution in [0.3, 0.4) is 0 Å². The molecular formula is C22H26N4O2. The molecule has 0 saturated carbocycles. The molecule has 0 saturated heterocycles. The van der Waals surface area contributed by atoms with Crippen molar-refractivity contribution in [3.05, 3.63) is 54.1 Å². The number of anilines is 1. The maximum absolute atomic E-state index is 11.6. The van der Waals surface area contributed by atoms with Gasteiger partial charge in [0.2, 0.25) is 5.91 Å². The van der Waals surface area contributed by atoms with Crippen molar-refractivity contribution in [1.29, 1.82) is 0 Å². The van der Waals surface area contributed by atoms with Crippen LogP contribution in [-0.2, 0) is 4.79 Å². The van der Waals surface area contributed by atoms with Crippen molar-refractivity contribution in [2.45, 2.75) is 34.1 Å². The van der Waals surface area contributed by atoms with Crippen LogP contribution in [0.1, 0.15) is 32.8 Å². The van der Waals surface area contributed by atoms with Gasteiger partial charge in [-0.15, -0.1) is 5.10 Å². The summed E-state index contributed by atoms with van der Waals surface area (Å²) in [4.78, 5) is 16.2. The normalized spacial score (nSPS) is 10.9. The highest BCUT2D eigenvalue weighted by Crippen LogP contribution is 2.25. The number of aryl methyl sites for hydroxylation is 1. The lowest BCUT2D eigenvalue weighted by atomic mass is 10.1. The second kappa shape index (κ2) is 8.69. The van der Waals surface area contributed by atoms with Crippen molar-refractivity contribution < 1.29 is 9.53 Å². The second-order valence-electron chi connectivity index (χ2n) is 7.15. The number of carbonyl (C=O) groups is 1. The third-order valence-electron chi connectivity index (χ3n) is 4.16. The topological polar surface area (TPSA) is 69.0 Å². The fourth-order valence-electron chi connectivity index (χ4n) is 2.60. The van der Waals surface area contributed by atoms with Crippen molar-refractivity contribution in [2.75, 3.05) is 11.9 Å². The molecule has 1 amide bonds. The molecule has 1 aromatic heterocycles. The van der Waals surface area contributed by atoms with Crippen molar-refractivity contribution in [3.63, 3.8) is 0 Å². The lowest BCUT2D eigenvalue weighted by Gasteiger charge is -2.08. The largest absolute Gasteiger partial charge is 0.462 e. The molecule has 146 valence electrons. The number of nitrogens with zero attached hydrogens (tertiary/aromatic N) is 3. The number of rotatable bonds is 7. The Labute approximate surface area is 165 Å². The predicted octanol–water partition coefficient (Wildman–Crippen LogP) is 4.63. The zero-order valence-corrected chi connectivity index (χ0v) is 16.8. The molecular weight excluding hydrogens is 352 g/mol. The fourth-order valence-corrected chi connectivity index (χ4v) is 2.60. The SMILES string of the molecule is CCC(=O)Nc1ccc(-n2nc(OCC(C)C)nc2-c2ccc(C)cc2)cc1. The Kier molecular flexibility index (Phi) is 6.09. The molecule has 0 aliphatic heterocycles. The van der Waals surface area contributed by atoms with Gasteiger partial charge in [0.1, 0.15) is 0 Å². The van der Waals surface area contributed by atoms with Gasteiger partial charge in [-0.25, -0.2) is 4.68 Å². The summed E-state index contributed by atoms with van der Waals surface area (Å²) in [6.07, 6.45) is 0.443. The van der Waals surface area contributed by atoms with Gasteiger partial charge in [-0.2, -0.15) is 4.98 Å². The number of hydrogen-bond acceptors (Lipinski definition) is 4. The summed E-state index contributed by atoms with van der Waals surface area (Å²) >= 11 is 0. The van der Waals surface area contributed by atoms with Crippen LogP contribution in [0, 0.1) is 12.8 Å². The van der Waals surface area contributed by atoms with Gasteiger partial charge in [0.05, 0.1) is 12.3 Å². The Hall–Kier alpha value is -3.15. The summed E-state index contributed by atoms with van der Waals surface area (Å²) in [5, 5.41) is 7.41. The van der Waals surface area contributed by atoms with E-state index in [9.17, 15) is 4.79 Å². The molecule has 0 unspecified atom stereocenters. The Balaban J connectivity index is 1.95. The highest BCUT2D eigenvalue weighted by atomic mass is 16.5. The molecule has 0 aliphatic carbocycles. The zero-order valence-electron chi connectivity index (χ0n) is 16.8. The molecule has 0 atom stereocenters. The maximum Gasteiger partial charge on any atom is 0.336 e. The first-order valence-electron chi connectivity index (χ1n) is 9.53. The van der Waals surface area contributed by atoms with Crippen molar-refractivity contribution >= 4 is 11.6 Å². The number of carbonyl (C=O) groups excluding carboxylic acids is 1. The van der Waals surface area contributed by atoms with Gasteiger partial charge in [-0.3, -0.25) is 4.79 Å². The number of ether oxygens (including phenoxy) is 1. The maximum atomic E-state index is 11.6. The number of benzene rings is 2. The fraction of sp³-hybridized carbons (Fsp3) is 0.318. The highest BCUT2D eigenvalue weighted by Gasteiger charge is 2.15. The highest BCUT2D eigenvalue weighted by molar-refractivity contribution is 5.90. The van der Waals surface area contributed by atoms with Crippen LogP contribution in [-0.4, -0.2) is 27.3 Å². The van der Waals surface area contributed by atoms with Crippen LogP contribution in [0.4, 0.5) is 5.69 Å². The van der Waals surface area contributed by atoms with Gasteiger partial charge in [0.15, 0.2) is 5.82 Å². The van der Waals surface area contributed by atoms with Crippen molar-refractivity contribution in [1.82, 2.24) is 14.8 Å². The minimum atomic E-state index is -0.0155. The van der Waals surface area contributed by atoms with E-state index in [0.717, 1.165) is 16.9 Å². The smallest absolute Gasteiger partial charge is 0.336 e. The predicted molar refractivity (Wildman–Crippen MR) is 111 cm³/mol. The standard InChI is InChI=1S/C22H26N4O2/c1-5-20(27)23-18-10-12-19(13-11-18)26-21(17-8-6-16(4)7-9-17)24-22(25-26)28-14-15(2)3/h6-13,15H,5,14H2,1-4H3,(H,23,27). The molecule has 6 heteroatoms. The molecule has 3 aromatic rings.